The summed E-state index contributed by atoms with van der Waals surface area (Å²) in [5, 5.41) is 3.40. The maximum Gasteiger partial charge on any atom is 0.122 e. The van der Waals surface area contributed by atoms with E-state index in [0.29, 0.717) is 13.2 Å². The molecule has 0 saturated carbocycles. The zero-order chi connectivity index (χ0) is 13.0. The summed E-state index contributed by atoms with van der Waals surface area (Å²) in [5.74, 6) is 0.932. The number of morpholine rings is 1. The van der Waals surface area contributed by atoms with Crippen molar-refractivity contribution in [2.45, 2.75) is 25.9 Å². The Morgan fingerprint density at radius 1 is 1.56 bits per heavy atom. The van der Waals surface area contributed by atoms with Gasteiger partial charge in [-0.05, 0) is 31.0 Å². The minimum atomic E-state index is -0.0420. The molecule has 4 heteroatoms. The van der Waals surface area contributed by atoms with Crippen LogP contribution < -0.4 is 15.8 Å². The Bertz CT molecular complexity index is 389. The molecule has 2 unspecified atom stereocenters. The fourth-order valence-electron chi connectivity index (χ4n) is 2.25. The Hall–Kier alpha value is -1.10. The second-order valence-corrected chi connectivity index (χ2v) is 4.62. The van der Waals surface area contributed by atoms with Crippen LogP contribution in [0.4, 0.5) is 0 Å². The van der Waals surface area contributed by atoms with E-state index in [4.69, 9.17) is 15.2 Å². The van der Waals surface area contributed by atoms with E-state index in [1.807, 2.05) is 26.0 Å². The number of hydrogen-bond acceptors (Lipinski definition) is 4. The van der Waals surface area contributed by atoms with E-state index in [-0.39, 0.29) is 12.1 Å². The first-order chi connectivity index (χ1) is 8.72. The summed E-state index contributed by atoms with van der Waals surface area (Å²) < 4.78 is 11.0. The lowest BCUT2D eigenvalue weighted by molar-refractivity contribution is 0.0685. The monoisotopic (exact) mass is 250 g/mol. The average Bonchev–Trinajstić information content (AvgIpc) is 2.41. The Balaban J connectivity index is 2.10. The highest BCUT2D eigenvalue weighted by molar-refractivity contribution is 5.37. The molecule has 0 radical (unpaired) electrons. The molecule has 4 nitrogen and oxygen atoms in total. The van der Waals surface area contributed by atoms with Crippen molar-refractivity contribution in [1.29, 1.82) is 0 Å². The summed E-state index contributed by atoms with van der Waals surface area (Å²) in [7, 11) is 0. The molecule has 1 fully saturated rings. The maximum absolute atomic E-state index is 6.28. The number of hydrogen-bond donors (Lipinski definition) is 2. The van der Waals surface area contributed by atoms with Crippen LogP contribution in [-0.2, 0) is 4.74 Å². The number of benzene rings is 1. The number of ether oxygens (including phenoxy) is 2. The van der Waals surface area contributed by atoms with Crippen molar-refractivity contribution >= 4 is 0 Å². The molecule has 1 aromatic carbocycles. The molecule has 1 saturated heterocycles. The van der Waals surface area contributed by atoms with Gasteiger partial charge in [-0.2, -0.15) is 0 Å². The molecule has 2 rings (SSSR count). The summed E-state index contributed by atoms with van der Waals surface area (Å²) in [6.45, 7) is 7.03. The Morgan fingerprint density at radius 2 is 2.39 bits per heavy atom. The van der Waals surface area contributed by atoms with Crippen molar-refractivity contribution in [2.24, 2.45) is 5.73 Å². The van der Waals surface area contributed by atoms with Crippen molar-refractivity contribution in [3.63, 3.8) is 0 Å². The van der Waals surface area contributed by atoms with Crippen LogP contribution in [0.1, 0.15) is 24.1 Å². The van der Waals surface area contributed by atoms with Crippen LogP contribution in [0.25, 0.3) is 0 Å². The molecule has 1 aliphatic heterocycles. The molecule has 18 heavy (non-hydrogen) atoms. The number of aryl methyl sites for hydroxylation is 1. The van der Waals surface area contributed by atoms with Gasteiger partial charge < -0.3 is 20.5 Å². The van der Waals surface area contributed by atoms with Crippen LogP contribution in [0.5, 0.6) is 5.75 Å². The highest BCUT2D eigenvalue weighted by atomic mass is 16.5. The Labute approximate surface area is 108 Å². The van der Waals surface area contributed by atoms with E-state index >= 15 is 0 Å². The molecule has 1 heterocycles. The van der Waals surface area contributed by atoms with Crippen molar-refractivity contribution in [2.75, 3.05) is 26.4 Å². The number of nitrogens with two attached hydrogens (primary N) is 1. The predicted molar refractivity (Wildman–Crippen MR) is 71.9 cm³/mol. The lowest BCUT2D eigenvalue weighted by Crippen LogP contribution is -2.47. The second-order valence-electron chi connectivity index (χ2n) is 4.62. The van der Waals surface area contributed by atoms with Crippen LogP contribution in [0.3, 0.4) is 0 Å². The number of rotatable bonds is 4. The summed E-state index contributed by atoms with van der Waals surface area (Å²) in [6, 6.07) is 6.29. The van der Waals surface area contributed by atoms with Crippen LogP contribution in [0.15, 0.2) is 18.2 Å². The van der Waals surface area contributed by atoms with Crippen molar-refractivity contribution in [1.82, 2.24) is 5.32 Å². The summed E-state index contributed by atoms with van der Waals surface area (Å²) >= 11 is 0. The van der Waals surface area contributed by atoms with E-state index in [1.165, 1.54) is 0 Å². The lowest BCUT2D eigenvalue weighted by atomic mass is 9.98. The third-order valence-corrected chi connectivity index (χ3v) is 3.27. The largest absolute Gasteiger partial charge is 0.494 e. The van der Waals surface area contributed by atoms with Gasteiger partial charge in [-0.3, -0.25) is 0 Å². The molecule has 0 aliphatic carbocycles. The fraction of sp³-hybridized carbons (Fsp3) is 0.571. The fourth-order valence-corrected chi connectivity index (χ4v) is 2.25. The molecule has 1 aromatic rings. The van der Waals surface area contributed by atoms with Gasteiger partial charge in [0.25, 0.3) is 0 Å². The summed E-state index contributed by atoms with van der Waals surface area (Å²) in [6.07, 6.45) is 0. The highest BCUT2D eigenvalue weighted by Crippen LogP contribution is 2.24. The van der Waals surface area contributed by atoms with Gasteiger partial charge in [-0.15, -0.1) is 0 Å². The van der Waals surface area contributed by atoms with Gasteiger partial charge in [-0.1, -0.05) is 12.1 Å². The molecule has 2 atom stereocenters. The standard InChI is InChI=1S/C14H22N2O2/c1-3-18-13-5-4-11(8-10(13)2)14(15)12-9-17-7-6-16-12/h4-5,8,12,14,16H,3,6-7,9,15H2,1-2H3. The second kappa shape index (κ2) is 6.18. The van der Waals surface area contributed by atoms with Crippen molar-refractivity contribution in [3.05, 3.63) is 29.3 Å². The first-order valence-corrected chi connectivity index (χ1v) is 6.52. The maximum atomic E-state index is 6.28. The minimum absolute atomic E-state index is 0.0420. The SMILES string of the molecule is CCOc1ccc(C(N)C2COCCN2)cc1C. The van der Waals surface area contributed by atoms with Gasteiger partial charge in [0.15, 0.2) is 0 Å². The zero-order valence-corrected chi connectivity index (χ0v) is 11.1. The molecule has 0 amide bonds. The van der Waals surface area contributed by atoms with E-state index in [2.05, 4.69) is 11.4 Å². The summed E-state index contributed by atoms with van der Waals surface area (Å²) in [5.41, 5.74) is 8.53. The van der Waals surface area contributed by atoms with Gasteiger partial charge in [0.2, 0.25) is 0 Å². The molecule has 0 bridgehead atoms. The Morgan fingerprint density at radius 3 is 3.00 bits per heavy atom. The van der Waals surface area contributed by atoms with E-state index in [9.17, 15) is 0 Å². The van der Waals surface area contributed by atoms with Crippen molar-refractivity contribution in [3.8, 4) is 5.75 Å². The smallest absolute Gasteiger partial charge is 0.122 e. The van der Waals surface area contributed by atoms with Crippen molar-refractivity contribution < 1.29 is 9.47 Å². The van der Waals surface area contributed by atoms with Crippen LogP contribution in [0, 0.1) is 6.92 Å². The predicted octanol–water partition coefficient (Wildman–Crippen LogP) is 1.38. The Kier molecular flexibility index (Phi) is 4.58. The quantitative estimate of drug-likeness (QED) is 0.847. The van der Waals surface area contributed by atoms with Crippen LogP contribution in [0.2, 0.25) is 0 Å². The number of nitrogens with one attached hydrogen (secondary N) is 1. The molecule has 100 valence electrons. The van der Waals surface area contributed by atoms with Gasteiger partial charge in [0, 0.05) is 18.6 Å². The van der Waals surface area contributed by atoms with Gasteiger partial charge in [-0.25, -0.2) is 0 Å². The van der Waals surface area contributed by atoms with E-state index in [0.717, 1.165) is 30.0 Å². The molecule has 0 aromatic heterocycles. The zero-order valence-electron chi connectivity index (χ0n) is 11.1. The minimum Gasteiger partial charge on any atom is -0.494 e. The van der Waals surface area contributed by atoms with E-state index in [1.54, 1.807) is 0 Å². The molecule has 1 aliphatic rings. The van der Waals surface area contributed by atoms with Gasteiger partial charge in [0.05, 0.1) is 19.8 Å². The van der Waals surface area contributed by atoms with Gasteiger partial charge in [0.1, 0.15) is 5.75 Å². The third-order valence-electron chi connectivity index (χ3n) is 3.27. The van der Waals surface area contributed by atoms with Crippen LogP contribution in [-0.4, -0.2) is 32.4 Å². The first kappa shape index (κ1) is 13.3. The molecule has 0 spiro atoms. The van der Waals surface area contributed by atoms with E-state index < -0.39 is 0 Å². The van der Waals surface area contributed by atoms with Gasteiger partial charge >= 0.3 is 0 Å². The highest BCUT2D eigenvalue weighted by Gasteiger charge is 2.22. The molecular formula is C14H22N2O2. The molecular weight excluding hydrogens is 228 g/mol. The topological polar surface area (TPSA) is 56.5 Å². The summed E-state index contributed by atoms with van der Waals surface area (Å²) in [4.78, 5) is 0. The first-order valence-electron chi connectivity index (χ1n) is 6.52. The lowest BCUT2D eigenvalue weighted by Gasteiger charge is -2.29. The normalized spacial score (nSPS) is 21.6. The molecule has 3 N–H and O–H groups in total. The van der Waals surface area contributed by atoms with Crippen LogP contribution >= 0.6 is 0 Å². The third kappa shape index (κ3) is 3.02. The average molecular weight is 250 g/mol.